The summed E-state index contributed by atoms with van der Waals surface area (Å²) in [7, 11) is 4.67. The summed E-state index contributed by atoms with van der Waals surface area (Å²) in [5.41, 5.74) is 3.85. The van der Waals surface area contributed by atoms with Gasteiger partial charge in [-0.2, -0.15) is 19.8 Å². The van der Waals surface area contributed by atoms with Gasteiger partial charge in [0.25, 0.3) is 0 Å². The normalized spacial score (nSPS) is 13.7. The number of nitrogens with zero attached hydrogens (tertiary/aromatic N) is 8. The molecule has 5 unspecified atom stereocenters. The van der Waals surface area contributed by atoms with Gasteiger partial charge in [0.05, 0.1) is 6.10 Å². The third-order valence-corrected chi connectivity index (χ3v) is 20.5. The van der Waals surface area contributed by atoms with Crippen molar-refractivity contribution in [3.63, 3.8) is 0 Å². The molecule has 0 saturated carbocycles. The van der Waals surface area contributed by atoms with E-state index < -0.39 is 23.0 Å². The van der Waals surface area contributed by atoms with Gasteiger partial charge in [0.1, 0.15) is 68.8 Å². The molecule has 19 nitrogen and oxygen atoms in total. The average molecular weight is 1900 g/mol. The number of benzene rings is 7. The molecular weight excluding hydrogens is 1800 g/mol. The number of piperazine rings is 2. The van der Waals surface area contributed by atoms with Crippen LogP contribution in [-0.2, 0) is 28.9 Å². The molecule has 5 atom stereocenters. The first-order chi connectivity index (χ1) is 55.4. The summed E-state index contributed by atoms with van der Waals surface area (Å²) in [5.74, 6) is 2.27. The predicted molar refractivity (Wildman–Crippen MR) is 476 cm³/mol. The topological polar surface area (TPSA) is 230 Å². The molecule has 607 valence electrons. The number of Topliss-reactive ketones (excluding diaryl/α,β-unsaturated/α-hetero) is 2. The van der Waals surface area contributed by atoms with Crippen LogP contribution in [0.3, 0.4) is 0 Å². The number of anilines is 3. The van der Waals surface area contributed by atoms with Crippen molar-refractivity contribution in [3.8, 4) is 0 Å². The Morgan fingerprint density at radius 2 is 0.769 bits per heavy atom. The molecule has 3 saturated heterocycles. The van der Waals surface area contributed by atoms with Crippen LogP contribution in [0.15, 0.2) is 250 Å². The van der Waals surface area contributed by atoms with E-state index in [1.807, 2.05) is 98.0 Å². The number of hydrogen-bond acceptors (Lipinski definition) is 19. The number of carbonyl (C=O) groups is 2. The van der Waals surface area contributed by atoms with E-state index in [2.05, 4.69) is 57.3 Å². The summed E-state index contributed by atoms with van der Waals surface area (Å²) in [6.45, 7) is 11.8. The third kappa shape index (κ3) is 25.1. The SMILES string of the molecule is Cc1cc(=O)oc2ccccc12.Fc1ccc2ccnc(N3CCCCC3)c2c1.O=C(CCCl)Cc1cc(=O)oc2ccccc12.O=C(CCN1CCN(c2nccc3ccc(F)cc23)CC1)Cc1cc(=O)oc2ccccc12.O=c1cc(CC(O)CCN2CCN(c3nccc4ccc(F)cc34)CC2)c2ccccc2o1.P.P.PP.[Pa]. The Labute approximate surface area is 715 Å². The second kappa shape index (κ2) is 45.3. The van der Waals surface area contributed by atoms with E-state index in [4.69, 9.17) is 29.3 Å². The minimum Gasteiger partial charge on any atom is -0.423 e. The van der Waals surface area contributed by atoms with E-state index >= 15 is 0 Å². The van der Waals surface area contributed by atoms with E-state index in [1.165, 1.54) is 67.8 Å². The van der Waals surface area contributed by atoms with Crippen molar-refractivity contribution < 1.29 is 77.8 Å². The van der Waals surface area contributed by atoms with Crippen LogP contribution in [0.2, 0.25) is 0 Å². The standard InChI is InChI=1S/C26H26FN3O3.C26H24FN3O3.C14H15FN2.C13H11ClO3.C10H8O2.H4P2.2H3P.Pa/c2*27-20-6-5-18-7-9-28-26(23(18)17-20)30-13-11-29(12-14-30)10-8-21(31)15-19-16-25(32)33-24-4-2-1-3-22(19)24;15-12-5-4-11-6-7-16-14(13(11)10-12)17-8-2-1-3-9-17;14-6-5-10(15)7-9-8-13(16)17-12-4-2-1-3-11(9)12;1-7-6-10(11)12-9-5-3-2-4-8(7)9;1-2;;;/h1-7,9,16-17,21,31H,8,10-15H2;1-7,9,16-17H,8,10-15H2;4-7,10H,1-3,8-9H2;1-4,8H,5-7H2;2-6H,1H3;1-2H2;2*1H3;. The Hall–Kier alpha value is -8.88. The average Bonchev–Trinajstić information content (AvgIpc) is 0.808. The molecule has 3 fully saturated rings. The number of aromatic nitrogens is 3. The van der Waals surface area contributed by atoms with Crippen molar-refractivity contribution in [1.82, 2.24) is 24.8 Å². The second-order valence-corrected chi connectivity index (χ2v) is 28.4. The van der Waals surface area contributed by atoms with Crippen molar-refractivity contribution >= 4 is 154 Å². The number of hydrogen-bond donors (Lipinski definition) is 1. The molecular formula is C89H94ClF3N8O11P4Pa. The van der Waals surface area contributed by atoms with Gasteiger partial charge in [-0.15, -0.1) is 29.5 Å². The first-order valence-corrected chi connectivity index (χ1v) is 41.1. The molecule has 3 aliphatic heterocycles. The number of rotatable bonds is 17. The number of pyridine rings is 3. The molecule has 3 aliphatic rings. The van der Waals surface area contributed by atoms with Crippen LogP contribution in [0, 0.1) is 56.7 Å². The number of carbonyl (C=O) groups excluding carboxylic acids is 2. The monoisotopic (exact) mass is 1900 g/mol. The molecule has 0 spiro atoms. The number of alkyl halides is 1. The third-order valence-electron chi connectivity index (χ3n) is 20.3. The number of aliphatic hydroxyl groups excluding tert-OH is 1. The molecule has 17 rings (SSSR count). The van der Waals surface area contributed by atoms with E-state index in [-0.39, 0.29) is 99.6 Å². The van der Waals surface area contributed by atoms with Gasteiger partial charge in [0, 0.05) is 223 Å². The van der Waals surface area contributed by atoms with Crippen LogP contribution < -0.4 is 37.2 Å². The maximum Gasteiger partial charge on any atom is 0.336 e. The van der Waals surface area contributed by atoms with Crippen molar-refractivity contribution in [1.29, 1.82) is 0 Å². The fourth-order valence-corrected chi connectivity index (χ4v) is 14.8. The Bertz CT molecular complexity index is 5950. The number of para-hydroxylation sites is 4. The largest absolute Gasteiger partial charge is 0.423 e. The van der Waals surface area contributed by atoms with Gasteiger partial charge < -0.3 is 37.5 Å². The molecule has 7 aromatic carbocycles. The number of ketones is 2. The summed E-state index contributed by atoms with van der Waals surface area (Å²) in [6, 6.07) is 55.4. The van der Waals surface area contributed by atoms with E-state index in [0.29, 0.717) is 71.6 Å². The predicted octanol–water partition coefficient (Wildman–Crippen LogP) is 16.2. The number of fused-ring (bicyclic) bond motifs is 7. The van der Waals surface area contributed by atoms with Gasteiger partial charge in [-0.25, -0.2) is 47.3 Å². The number of halogens is 4. The molecule has 0 amide bonds. The molecule has 0 bridgehead atoms. The quantitative estimate of drug-likeness (QED) is 0.0507. The smallest absolute Gasteiger partial charge is 0.336 e. The maximum atomic E-state index is 13.8. The van der Waals surface area contributed by atoms with Gasteiger partial charge in [-0.3, -0.25) is 19.4 Å². The van der Waals surface area contributed by atoms with Gasteiger partial charge in [-0.05, 0) is 156 Å². The van der Waals surface area contributed by atoms with Crippen LogP contribution in [0.25, 0.3) is 76.2 Å². The number of piperidine rings is 1. The van der Waals surface area contributed by atoms with Crippen molar-refractivity contribution in [2.45, 2.75) is 70.8 Å². The zero-order valence-corrected chi connectivity index (χ0v) is 75.8. The minimum atomic E-state index is -0.545. The molecule has 10 heterocycles. The van der Waals surface area contributed by atoms with E-state index in [1.54, 1.807) is 73.1 Å². The molecule has 117 heavy (non-hydrogen) atoms. The maximum absolute atomic E-state index is 13.8. The first kappa shape index (κ1) is 92.0. The van der Waals surface area contributed by atoms with Gasteiger partial charge in [0.2, 0.25) is 0 Å². The van der Waals surface area contributed by atoms with Gasteiger partial charge >= 0.3 is 22.5 Å². The summed E-state index contributed by atoms with van der Waals surface area (Å²) >= 11 is 5.51. The molecule has 1 N–H and O–H groups in total. The van der Waals surface area contributed by atoms with E-state index in [9.17, 15) is 47.0 Å². The number of aryl methyl sites for hydroxylation is 1. The zero-order valence-electron chi connectivity index (χ0n) is 65.1. The zero-order chi connectivity index (χ0) is 80.0. The van der Waals surface area contributed by atoms with E-state index in [0.717, 1.165) is 154 Å². The Morgan fingerprint density at radius 1 is 0.427 bits per heavy atom. The molecule has 28 heteroatoms. The first-order valence-electron chi connectivity index (χ1n) is 37.9. The van der Waals surface area contributed by atoms with Crippen LogP contribution in [0.4, 0.5) is 30.6 Å². The molecule has 7 aromatic heterocycles. The Morgan fingerprint density at radius 3 is 1.18 bits per heavy atom. The minimum absolute atomic E-state index is 0. The molecule has 0 aliphatic carbocycles. The van der Waals surface area contributed by atoms with Crippen LogP contribution in [-0.4, -0.2) is 132 Å². The Kier molecular flexibility index (Phi) is 35.7. The second-order valence-electron chi connectivity index (χ2n) is 28.0. The Balaban J connectivity index is 0.000000173. The summed E-state index contributed by atoms with van der Waals surface area (Å²) in [4.78, 5) is 94.8. The summed E-state index contributed by atoms with van der Waals surface area (Å²) in [5, 5.41) is 19.7. The van der Waals surface area contributed by atoms with Gasteiger partial charge in [-0.1, -0.05) is 91.0 Å². The van der Waals surface area contributed by atoms with Crippen LogP contribution >= 0.6 is 49.3 Å². The van der Waals surface area contributed by atoms with Crippen molar-refractivity contribution in [2.24, 2.45) is 0 Å². The summed E-state index contributed by atoms with van der Waals surface area (Å²) in [6.07, 6.45) is 10.7. The van der Waals surface area contributed by atoms with Crippen molar-refractivity contribution in [3.05, 3.63) is 294 Å². The number of aliphatic hydroxyl groups is 1. The molecule has 14 aromatic rings. The van der Waals surface area contributed by atoms with Crippen LogP contribution in [0.1, 0.15) is 60.8 Å². The van der Waals surface area contributed by atoms with Gasteiger partial charge in [0.15, 0.2) is 0 Å². The molecule has 1 radical (unpaired) electrons. The fourth-order valence-electron chi connectivity index (χ4n) is 14.6. The van der Waals surface area contributed by atoms with Crippen molar-refractivity contribution in [2.75, 3.05) is 99.1 Å². The fraction of sp³-hybridized carbons (Fsp3) is 0.270. The van der Waals surface area contributed by atoms with Crippen LogP contribution in [0.5, 0.6) is 0 Å². The summed E-state index contributed by atoms with van der Waals surface area (Å²) < 4.78 is 61.4.